The minimum absolute atomic E-state index is 0.0627. The molecule has 4 nitrogen and oxygen atoms in total. The third kappa shape index (κ3) is 4.64. The molecule has 0 spiro atoms. The van der Waals surface area contributed by atoms with Crippen molar-refractivity contribution in [3.8, 4) is 0 Å². The third-order valence-electron chi connectivity index (χ3n) is 3.70. The summed E-state index contributed by atoms with van der Waals surface area (Å²) in [6.45, 7) is 3.18. The maximum atomic E-state index is 14.3. The van der Waals surface area contributed by atoms with Crippen molar-refractivity contribution >= 4 is 38.9 Å². The predicted molar refractivity (Wildman–Crippen MR) is 98.2 cm³/mol. The molecule has 2 rings (SSSR count). The fraction of sp³-hybridized carbons (Fsp3) is 0.294. The van der Waals surface area contributed by atoms with Gasteiger partial charge < -0.3 is 5.11 Å². The van der Waals surface area contributed by atoms with Crippen molar-refractivity contribution in [2.75, 3.05) is 10.8 Å². The van der Waals surface area contributed by atoms with Crippen molar-refractivity contribution in [1.82, 2.24) is 0 Å². The Labute approximate surface area is 156 Å². The van der Waals surface area contributed by atoms with Crippen LogP contribution >= 0.6 is 23.2 Å². The Kier molecular flexibility index (Phi) is 6.32. The first kappa shape index (κ1) is 20.0. The molecule has 8 heteroatoms. The number of aliphatic hydroxyl groups excluding tert-OH is 1. The van der Waals surface area contributed by atoms with Gasteiger partial charge in [0.15, 0.2) is 0 Å². The fourth-order valence-electron chi connectivity index (χ4n) is 2.12. The number of rotatable bonds is 6. The van der Waals surface area contributed by atoms with Gasteiger partial charge in [-0.05, 0) is 48.4 Å². The Hall–Kier alpha value is -1.34. The number of anilines is 1. The highest BCUT2D eigenvalue weighted by atomic mass is 35.5. The Morgan fingerprint density at radius 2 is 1.64 bits per heavy atom. The molecule has 0 saturated carbocycles. The van der Waals surface area contributed by atoms with E-state index in [-0.39, 0.29) is 28.1 Å². The van der Waals surface area contributed by atoms with Crippen molar-refractivity contribution in [3.63, 3.8) is 0 Å². The zero-order valence-electron chi connectivity index (χ0n) is 13.7. The van der Waals surface area contributed by atoms with Crippen molar-refractivity contribution in [2.45, 2.75) is 24.8 Å². The van der Waals surface area contributed by atoms with E-state index in [9.17, 15) is 17.9 Å². The summed E-state index contributed by atoms with van der Waals surface area (Å²) in [7, 11) is -4.12. The molecule has 0 aromatic heterocycles. The van der Waals surface area contributed by atoms with Crippen LogP contribution in [0.2, 0.25) is 10.0 Å². The van der Waals surface area contributed by atoms with Crippen LogP contribution in [0.25, 0.3) is 0 Å². The molecular weight excluding hydrogens is 388 g/mol. The molecular formula is C17H18Cl2FNO3S. The molecule has 0 radical (unpaired) electrons. The summed E-state index contributed by atoms with van der Waals surface area (Å²) in [6.07, 6.45) is -0.986. The number of halogens is 3. The van der Waals surface area contributed by atoms with Crippen LogP contribution in [0.15, 0.2) is 47.4 Å². The van der Waals surface area contributed by atoms with E-state index in [1.165, 1.54) is 36.4 Å². The van der Waals surface area contributed by atoms with Gasteiger partial charge in [0.05, 0.1) is 23.2 Å². The lowest BCUT2D eigenvalue weighted by atomic mass is 10.1. The summed E-state index contributed by atoms with van der Waals surface area (Å²) in [6, 6.07) is 9.15. The predicted octanol–water partition coefficient (Wildman–Crippen LogP) is 4.34. The Bertz CT molecular complexity index is 841. The van der Waals surface area contributed by atoms with Crippen LogP contribution in [-0.4, -0.2) is 26.2 Å². The maximum Gasteiger partial charge on any atom is 0.264 e. The van der Waals surface area contributed by atoms with Gasteiger partial charge in [-0.1, -0.05) is 37.0 Å². The molecule has 2 aromatic rings. The number of benzene rings is 2. The fourth-order valence-corrected chi connectivity index (χ4v) is 3.89. The van der Waals surface area contributed by atoms with Crippen LogP contribution in [0, 0.1) is 11.7 Å². The molecule has 0 aliphatic heterocycles. The van der Waals surface area contributed by atoms with Crippen molar-refractivity contribution in [3.05, 3.63) is 58.3 Å². The number of sulfonamides is 1. The van der Waals surface area contributed by atoms with E-state index in [1.807, 2.05) is 0 Å². The second-order valence-corrected chi connectivity index (χ2v) is 8.63. The van der Waals surface area contributed by atoms with Gasteiger partial charge in [-0.15, -0.1) is 0 Å². The van der Waals surface area contributed by atoms with Crippen LogP contribution in [0.5, 0.6) is 0 Å². The van der Waals surface area contributed by atoms with E-state index in [4.69, 9.17) is 23.2 Å². The first-order valence-corrected chi connectivity index (χ1v) is 9.74. The maximum absolute atomic E-state index is 14.3. The van der Waals surface area contributed by atoms with E-state index in [0.717, 1.165) is 10.4 Å². The molecule has 0 fully saturated rings. The molecule has 1 N–H and O–H groups in total. The molecule has 0 aliphatic carbocycles. The van der Waals surface area contributed by atoms with Gasteiger partial charge in [0.25, 0.3) is 10.0 Å². The Balaban J connectivity index is 2.57. The van der Waals surface area contributed by atoms with Gasteiger partial charge >= 0.3 is 0 Å². The zero-order chi connectivity index (χ0) is 18.8. The van der Waals surface area contributed by atoms with E-state index < -0.39 is 21.9 Å². The van der Waals surface area contributed by atoms with E-state index in [1.54, 1.807) is 13.8 Å². The lowest BCUT2D eigenvalue weighted by Crippen LogP contribution is -2.40. The molecule has 0 saturated heterocycles. The monoisotopic (exact) mass is 405 g/mol. The Morgan fingerprint density at radius 3 is 2.20 bits per heavy atom. The minimum Gasteiger partial charge on any atom is -0.391 e. The lowest BCUT2D eigenvalue weighted by molar-refractivity contribution is 0.134. The van der Waals surface area contributed by atoms with Crippen LogP contribution in [0.3, 0.4) is 0 Å². The summed E-state index contributed by atoms with van der Waals surface area (Å²) < 4.78 is 41.2. The molecule has 1 atom stereocenters. The first-order valence-electron chi connectivity index (χ1n) is 7.54. The van der Waals surface area contributed by atoms with Gasteiger partial charge in [-0.2, -0.15) is 0 Å². The molecule has 136 valence electrons. The summed E-state index contributed by atoms with van der Waals surface area (Å²) in [4.78, 5) is -0.0627. The highest BCUT2D eigenvalue weighted by molar-refractivity contribution is 7.92. The summed E-state index contributed by atoms with van der Waals surface area (Å²) in [5.41, 5.74) is -0.220. The standard InChI is InChI=1S/C17H18Cl2FNO3S/c1-11(2)17(22)10-21(16-9-13(19)5-8-15(16)20)25(23,24)14-6-3-12(18)4-7-14/h3-9,11,17,22H,10H2,1-2H3/t17-/m0/s1. The molecule has 0 unspecified atom stereocenters. The largest absolute Gasteiger partial charge is 0.391 e. The molecule has 0 heterocycles. The molecule has 25 heavy (non-hydrogen) atoms. The van der Waals surface area contributed by atoms with Gasteiger partial charge in [-0.25, -0.2) is 12.8 Å². The quantitative estimate of drug-likeness (QED) is 0.776. The SMILES string of the molecule is CC(C)[C@@H](O)CN(c1cc(Cl)ccc1F)S(=O)(=O)c1ccc(Cl)cc1. The van der Waals surface area contributed by atoms with Crippen LogP contribution in [0.1, 0.15) is 13.8 Å². The number of hydrogen-bond donors (Lipinski definition) is 1. The van der Waals surface area contributed by atoms with E-state index in [2.05, 4.69) is 0 Å². The van der Waals surface area contributed by atoms with Crippen molar-refractivity contribution in [1.29, 1.82) is 0 Å². The summed E-state index contributed by atoms with van der Waals surface area (Å²) in [5.74, 6) is -0.969. The second kappa shape index (κ2) is 7.91. The van der Waals surface area contributed by atoms with Crippen molar-refractivity contribution < 1.29 is 17.9 Å². The zero-order valence-corrected chi connectivity index (χ0v) is 16.0. The van der Waals surface area contributed by atoms with E-state index >= 15 is 0 Å². The molecule has 0 amide bonds. The highest BCUT2D eigenvalue weighted by Gasteiger charge is 2.30. The summed E-state index contributed by atoms with van der Waals surface area (Å²) >= 11 is 11.7. The second-order valence-electron chi connectivity index (χ2n) is 5.90. The van der Waals surface area contributed by atoms with Crippen molar-refractivity contribution in [2.24, 2.45) is 5.92 Å². The normalized spacial score (nSPS) is 13.1. The van der Waals surface area contributed by atoms with Gasteiger partial charge in [0.1, 0.15) is 5.82 Å². The number of aliphatic hydroxyl groups is 1. The number of hydrogen-bond acceptors (Lipinski definition) is 3. The molecule has 2 aromatic carbocycles. The molecule has 0 bridgehead atoms. The average molecular weight is 406 g/mol. The van der Waals surface area contributed by atoms with Crippen LogP contribution in [-0.2, 0) is 10.0 Å². The Morgan fingerprint density at radius 1 is 1.08 bits per heavy atom. The smallest absolute Gasteiger partial charge is 0.264 e. The minimum atomic E-state index is -4.12. The first-order chi connectivity index (χ1) is 11.6. The van der Waals surface area contributed by atoms with Crippen LogP contribution in [0.4, 0.5) is 10.1 Å². The topological polar surface area (TPSA) is 57.6 Å². The lowest BCUT2D eigenvalue weighted by Gasteiger charge is -2.28. The number of nitrogens with zero attached hydrogens (tertiary/aromatic N) is 1. The van der Waals surface area contributed by atoms with E-state index in [0.29, 0.717) is 5.02 Å². The highest BCUT2D eigenvalue weighted by Crippen LogP contribution is 2.30. The van der Waals surface area contributed by atoms with Gasteiger partial charge in [0, 0.05) is 10.0 Å². The van der Waals surface area contributed by atoms with Gasteiger partial charge in [-0.3, -0.25) is 4.31 Å². The third-order valence-corrected chi connectivity index (χ3v) is 5.98. The summed E-state index contributed by atoms with van der Waals surface area (Å²) in [5, 5.41) is 10.8. The average Bonchev–Trinajstić information content (AvgIpc) is 2.55. The van der Waals surface area contributed by atoms with Crippen LogP contribution < -0.4 is 4.31 Å². The molecule has 0 aliphatic rings. The van der Waals surface area contributed by atoms with Gasteiger partial charge in [0.2, 0.25) is 0 Å².